The monoisotopic (exact) mass is 330 g/mol. The number of hydrogen-bond acceptors (Lipinski definition) is 1. The van der Waals surface area contributed by atoms with Crippen LogP contribution in [-0.2, 0) is 0 Å². The Morgan fingerprint density at radius 3 is 2.16 bits per heavy atom. The van der Waals surface area contributed by atoms with Crippen molar-refractivity contribution in [2.45, 2.75) is 27.7 Å². The smallest absolute Gasteiger partial charge is 0.192 e. The van der Waals surface area contributed by atoms with E-state index in [9.17, 15) is 4.39 Å². The van der Waals surface area contributed by atoms with Gasteiger partial charge < -0.3 is 5.32 Å². The molecule has 0 aliphatic heterocycles. The average Bonchev–Trinajstić information content (AvgIpc) is 2.57. The third-order valence-corrected chi connectivity index (χ3v) is 4.59. The predicted molar refractivity (Wildman–Crippen MR) is 107 cm³/mol. The zero-order valence-corrected chi connectivity index (χ0v) is 15.2. The van der Waals surface area contributed by atoms with Gasteiger partial charge in [-0.3, -0.25) is 0 Å². The Balaban J connectivity index is 1.92. The van der Waals surface area contributed by atoms with E-state index in [0.717, 1.165) is 22.4 Å². The summed E-state index contributed by atoms with van der Waals surface area (Å²) in [7, 11) is 2.20. The van der Waals surface area contributed by atoms with Crippen molar-refractivity contribution in [3.8, 4) is 0 Å². The maximum absolute atomic E-state index is 14.1. The topological polar surface area (TPSA) is 12.0 Å². The molecule has 25 heavy (non-hydrogen) atoms. The van der Waals surface area contributed by atoms with Crippen molar-refractivity contribution in [1.82, 2.24) is 0 Å². The lowest BCUT2D eigenvalue weighted by molar-refractivity contribution is 0.631. The van der Waals surface area contributed by atoms with Gasteiger partial charge in [-0.25, -0.2) is 4.39 Å². The van der Waals surface area contributed by atoms with Gasteiger partial charge in [0.15, 0.2) is 7.28 Å². The summed E-state index contributed by atoms with van der Waals surface area (Å²) < 4.78 is 14.1. The zero-order chi connectivity index (χ0) is 18.0. The molecule has 125 valence electrons. The van der Waals surface area contributed by atoms with Gasteiger partial charge >= 0.3 is 0 Å². The minimum absolute atomic E-state index is 0.229. The first-order valence-electron chi connectivity index (χ1n) is 8.49. The average molecular weight is 330 g/mol. The first-order chi connectivity index (χ1) is 12.0. The zero-order valence-electron chi connectivity index (χ0n) is 15.2. The van der Waals surface area contributed by atoms with Crippen molar-refractivity contribution in [2.24, 2.45) is 0 Å². The number of benzene rings is 3. The Morgan fingerprint density at radius 1 is 0.720 bits per heavy atom. The van der Waals surface area contributed by atoms with E-state index >= 15 is 0 Å². The summed E-state index contributed by atoms with van der Waals surface area (Å²) in [6, 6.07) is 17.7. The number of aryl methyl sites for hydroxylation is 4. The third-order valence-electron chi connectivity index (χ3n) is 4.59. The van der Waals surface area contributed by atoms with E-state index in [1.165, 1.54) is 22.6 Å². The molecule has 0 bridgehead atoms. The molecule has 0 saturated carbocycles. The van der Waals surface area contributed by atoms with Crippen LogP contribution in [0.5, 0.6) is 0 Å². The van der Waals surface area contributed by atoms with Gasteiger partial charge in [-0.2, -0.15) is 0 Å². The summed E-state index contributed by atoms with van der Waals surface area (Å²) in [5, 5.41) is 3.26. The fraction of sp³-hybridized carbons (Fsp3) is 0.182. The molecule has 1 nitrogen and oxygen atoms in total. The summed E-state index contributed by atoms with van der Waals surface area (Å²) in [4.78, 5) is 0. The van der Waals surface area contributed by atoms with E-state index in [1.807, 2.05) is 19.9 Å². The van der Waals surface area contributed by atoms with Crippen LogP contribution in [0.2, 0.25) is 0 Å². The summed E-state index contributed by atoms with van der Waals surface area (Å²) >= 11 is 0. The molecular formula is C22H22BFN. The molecule has 0 amide bonds. The number of para-hydroxylation sites is 1. The van der Waals surface area contributed by atoms with Crippen molar-refractivity contribution in [2.75, 3.05) is 5.32 Å². The Kier molecular flexibility index (Phi) is 4.94. The molecule has 0 atom stereocenters. The highest BCUT2D eigenvalue weighted by Crippen LogP contribution is 2.26. The fourth-order valence-electron chi connectivity index (χ4n) is 2.97. The van der Waals surface area contributed by atoms with Crippen LogP contribution in [0.1, 0.15) is 22.3 Å². The SMILES string of the molecule is Cc1ccccc1[B]c1cc(C)c(Nc2c(C)cccc2F)cc1C. The summed E-state index contributed by atoms with van der Waals surface area (Å²) in [6.45, 7) is 8.16. The molecule has 3 aromatic carbocycles. The third kappa shape index (κ3) is 3.76. The molecule has 0 saturated heterocycles. The van der Waals surface area contributed by atoms with Crippen molar-refractivity contribution in [3.63, 3.8) is 0 Å². The number of halogens is 1. The molecule has 0 unspecified atom stereocenters. The maximum Gasteiger partial charge on any atom is 0.192 e. The lowest BCUT2D eigenvalue weighted by Crippen LogP contribution is -2.31. The molecule has 0 fully saturated rings. The van der Waals surface area contributed by atoms with Crippen LogP contribution in [0.15, 0.2) is 54.6 Å². The Labute approximate surface area is 150 Å². The van der Waals surface area contributed by atoms with Crippen molar-refractivity contribution < 1.29 is 4.39 Å². The van der Waals surface area contributed by atoms with E-state index in [1.54, 1.807) is 6.07 Å². The Hall–Kier alpha value is -2.55. The number of anilines is 2. The van der Waals surface area contributed by atoms with E-state index in [-0.39, 0.29) is 5.82 Å². The van der Waals surface area contributed by atoms with Crippen LogP contribution in [-0.4, -0.2) is 7.28 Å². The van der Waals surface area contributed by atoms with Gasteiger partial charge in [-0.15, -0.1) is 0 Å². The lowest BCUT2D eigenvalue weighted by atomic mass is 9.61. The van der Waals surface area contributed by atoms with Gasteiger partial charge in [0.1, 0.15) is 5.82 Å². The molecule has 3 aromatic rings. The van der Waals surface area contributed by atoms with Gasteiger partial charge in [0.05, 0.1) is 5.69 Å². The normalized spacial score (nSPS) is 10.6. The molecule has 0 aliphatic carbocycles. The molecule has 0 spiro atoms. The van der Waals surface area contributed by atoms with Crippen molar-refractivity contribution in [3.05, 3.63) is 82.7 Å². The summed E-state index contributed by atoms with van der Waals surface area (Å²) in [6.07, 6.45) is 0. The first kappa shape index (κ1) is 17.3. The molecule has 0 heterocycles. The predicted octanol–water partition coefficient (Wildman–Crippen LogP) is 4.46. The van der Waals surface area contributed by atoms with E-state index < -0.39 is 0 Å². The van der Waals surface area contributed by atoms with Gasteiger partial charge in [-0.1, -0.05) is 64.5 Å². The number of hydrogen-bond donors (Lipinski definition) is 1. The summed E-state index contributed by atoms with van der Waals surface area (Å²) in [5.74, 6) is -0.229. The number of rotatable bonds is 4. The van der Waals surface area contributed by atoms with Gasteiger partial charge in [0.2, 0.25) is 0 Å². The highest BCUT2D eigenvalue weighted by atomic mass is 19.1. The second-order valence-electron chi connectivity index (χ2n) is 6.58. The van der Waals surface area contributed by atoms with Crippen LogP contribution >= 0.6 is 0 Å². The highest BCUT2D eigenvalue weighted by Gasteiger charge is 2.11. The van der Waals surface area contributed by atoms with Crippen LogP contribution in [0.4, 0.5) is 15.8 Å². The van der Waals surface area contributed by atoms with Crippen molar-refractivity contribution in [1.29, 1.82) is 0 Å². The fourth-order valence-corrected chi connectivity index (χ4v) is 2.97. The Morgan fingerprint density at radius 2 is 1.44 bits per heavy atom. The standard InChI is InChI=1S/C22H22BFN/c1-14-8-5-6-10-18(14)23-19-12-17(4)21(13-16(19)3)25-22-15(2)9-7-11-20(22)24/h5-13,25H,1-4H3. The van der Waals surface area contributed by atoms with E-state index in [2.05, 4.69) is 62.8 Å². The highest BCUT2D eigenvalue weighted by molar-refractivity contribution is 6.68. The minimum atomic E-state index is -0.229. The summed E-state index contributed by atoms with van der Waals surface area (Å²) in [5.41, 5.74) is 8.28. The quantitative estimate of drug-likeness (QED) is 0.697. The second-order valence-corrected chi connectivity index (χ2v) is 6.58. The molecule has 0 aliphatic rings. The van der Waals surface area contributed by atoms with Crippen molar-refractivity contribution >= 4 is 29.6 Å². The largest absolute Gasteiger partial charge is 0.353 e. The van der Waals surface area contributed by atoms with Crippen LogP contribution in [0.3, 0.4) is 0 Å². The lowest BCUT2D eigenvalue weighted by Gasteiger charge is -2.16. The number of nitrogens with one attached hydrogen (secondary N) is 1. The van der Waals surface area contributed by atoms with Crippen LogP contribution < -0.4 is 16.2 Å². The minimum Gasteiger partial charge on any atom is -0.353 e. The molecule has 3 rings (SSSR count). The molecular weight excluding hydrogens is 308 g/mol. The van der Waals surface area contributed by atoms with E-state index in [0.29, 0.717) is 5.69 Å². The second kappa shape index (κ2) is 7.14. The molecule has 3 heteroatoms. The molecule has 0 aromatic heterocycles. The van der Waals surface area contributed by atoms with Gasteiger partial charge in [-0.05, 0) is 51.0 Å². The van der Waals surface area contributed by atoms with Gasteiger partial charge in [0, 0.05) is 5.69 Å². The van der Waals surface area contributed by atoms with E-state index in [4.69, 9.17) is 0 Å². The van der Waals surface area contributed by atoms with Crippen LogP contribution in [0, 0.1) is 33.5 Å². The molecule has 1 radical (unpaired) electrons. The first-order valence-corrected chi connectivity index (χ1v) is 8.49. The maximum atomic E-state index is 14.1. The molecule has 1 N–H and O–H groups in total. The van der Waals surface area contributed by atoms with Gasteiger partial charge in [0.25, 0.3) is 0 Å². The Bertz CT molecular complexity index is 898. The van der Waals surface area contributed by atoms with Crippen LogP contribution in [0.25, 0.3) is 0 Å².